The Hall–Kier alpha value is -2.30. The minimum Gasteiger partial charge on any atom is -0.493 e. The van der Waals surface area contributed by atoms with Gasteiger partial charge in [0.05, 0.1) is 12.3 Å². The van der Waals surface area contributed by atoms with Crippen molar-refractivity contribution in [3.8, 4) is 17.0 Å². The first-order valence-electron chi connectivity index (χ1n) is 6.64. The Bertz CT molecular complexity index is 627. The van der Waals surface area contributed by atoms with Gasteiger partial charge in [0, 0.05) is 12.6 Å². The van der Waals surface area contributed by atoms with Gasteiger partial charge in [-0.15, -0.1) is 0 Å². The van der Waals surface area contributed by atoms with E-state index >= 15 is 0 Å². The van der Waals surface area contributed by atoms with Crippen LogP contribution in [0, 0.1) is 5.92 Å². The summed E-state index contributed by atoms with van der Waals surface area (Å²) in [5.74, 6) is 0.558. The van der Waals surface area contributed by atoms with Crippen LogP contribution in [0.4, 0.5) is 0 Å². The molecular formula is C15H16N2O3. The number of aromatic carboxylic acids is 1. The molecule has 1 saturated carbocycles. The lowest BCUT2D eigenvalue weighted by atomic mass is 10.1. The lowest BCUT2D eigenvalue weighted by molar-refractivity contribution is 0.0689. The first kappa shape index (κ1) is 12.7. The molecule has 3 rings (SSSR count). The van der Waals surface area contributed by atoms with Crippen LogP contribution in [0.2, 0.25) is 0 Å². The van der Waals surface area contributed by atoms with Gasteiger partial charge in [0.1, 0.15) is 5.75 Å². The van der Waals surface area contributed by atoms with Gasteiger partial charge in [-0.3, -0.25) is 4.68 Å². The first-order valence-corrected chi connectivity index (χ1v) is 6.64. The second kappa shape index (κ2) is 5.00. The van der Waals surface area contributed by atoms with Crippen LogP contribution in [-0.2, 0) is 7.05 Å². The number of hydrogen-bond acceptors (Lipinski definition) is 3. The van der Waals surface area contributed by atoms with Crippen LogP contribution in [0.1, 0.15) is 23.3 Å². The molecule has 0 atom stereocenters. The summed E-state index contributed by atoms with van der Waals surface area (Å²) < 4.78 is 7.25. The maximum Gasteiger partial charge on any atom is 0.356 e. The van der Waals surface area contributed by atoms with E-state index in [2.05, 4.69) is 5.10 Å². The second-order valence-electron chi connectivity index (χ2n) is 5.12. The SMILES string of the molecule is Cn1nc(C(=O)O)cc1-c1ccc(OCC2CC2)cc1. The lowest BCUT2D eigenvalue weighted by Crippen LogP contribution is -1.99. The van der Waals surface area contributed by atoms with E-state index in [4.69, 9.17) is 9.84 Å². The van der Waals surface area contributed by atoms with Crippen LogP contribution in [0.5, 0.6) is 5.75 Å². The standard InChI is InChI=1S/C15H16N2O3/c1-17-14(8-13(16-17)15(18)19)11-4-6-12(7-5-11)20-9-10-2-3-10/h4-8,10H,2-3,9H2,1H3,(H,18,19). The monoisotopic (exact) mass is 272 g/mol. The fourth-order valence-electron chi connectivity index (χ4n) is 2.06. The molecule has 0 spiro atoms. The molecule has 2 aromatic rings. The topological polar surface area (TPSA) is 64.4 Å². The molecule has 0 amide bonds. The summed E-state index contributed by atoms with van der Waals surface area (Å²) in [6.45, 7) is 0.786. The Labute approximate surface area is 116 Å². The van der Waals surface area contributed by atoms with Crippen molar-refractivity contribution in [3.05, 3.63) is 36.0 Å². The van der Waals surface area contributed by atoms with Crippen LogP contribution >= 0.6 is 0 Å². The Balaban J connectivity index is 1.77. The van der Waals surface area contributed by atoms with Gasteiger partial charge in [-0.1, -0.05) is 0 Å². The predicted molar refractivity (Wildman–Crippen MR) is 73.8 cm³/mol. The van der Waals surface area contributed by atoms with E-state index in [1.807, 2.05) is 24.3 Å². The van der Waals surface area contributed by atoms with Gasteiger partial charge in [0.25, 0.3) is 0 Å². The highest BCUT2D eigenvalue weighted by atomic mass is 16.5. The number of benzene rings is 1. The van der Waals surface area contributed by atoms with Crippen molar-refractivity contribution in [3.63, 3.8) is 0 Å². The number of aryl methyl sites for hydroxylation is 1. The third kappa shape index (κ3) is 2.66. The van der Waals surface area contributed by atoms with E-state index in [-0.39, 0.29) is 5.69 Å². The van der Waals surface area contributed by atoms with E-state index < -0.39 is 5.97 Å². The number of hydrogen-bond donors (Lipinski definition) is 1. The number of aromatic nitrogens is 2. The largest absolute Gasteiger partial charge is 0.493 e. The van der Waals surface area contributed by atoms with Gasteiger partial charge in [0.2, 0.25) is 0 Å². The van der Waals surface area contributed by atoms with E-state index in [9.17, 15) is 4.79 Å². The molecule has 1 heterocycles. The molecule has 1 aliphatic rings. The third-order valence-corrected chi connectivity index (χ3v) is 3.43. The van der Waals surface area contributed by atoms with Crippen molar-refractivity contribution in [2.75, 3.05) is 6.61 Å². The Morgan fingerprint density at radius 1 is 1.40 bits per heavy atom. The summed E-state index contributed by atoms with van der Waals surface area (Å²) in [7, 11) is 1.74. The van der Waals surface area contributed by atoms with Gasteiger partial charge in [-0.2, -0.15) is 5.10 Å². The fraction of sp³-hybridized carbons (Fsp3) is 0.333. The number of ether oxygens (including phenoxy) is 1. The maximum absolute atomic E-state index is 10.9. The Morgan fingerprint density at radius 3 is 2.65 bits per heavy atom. The normalized spacial score (nSPS) is 14.2. The van der Waals surface area contributed by atoms with Gasteiger partial charge in [0.15, 0.2) is 5.69 Å². The first-order chi connectivity index (χ1) is 9.63. The zero-order chi connectivity index (χ0) is 14.1. The van der Waals surface area contributed by atoms with Gasteiger partial charge in [-0.25, -0.2) is 4.79 Å². The van der Waals surface area contributed by atoms with Gasteiger partial charge >= 0.3 is 5.97 Å². The van der Waals surface area contributed by atoms with E-state index in [1.165, 1.54) is 12.8 Å². The lowest BCUT2D eigenvalue weighted by Gasteiger charge is -2.06. The minimum absolute atomic E-state index is 0.0524. The zero-order valence-corrected chi connectivity index (χ0v) is 11.2. The number of nitrogens with zero attached hydrogens (tertiary/aromatic N) is 2. The Morgan fingerprint density at radius 2 is 2.10 bits per heavy atom. The zero-order valence-electron chi connectivity index (χ0n) is 11.2. The molecule has 5 heteroatoms. The van der Waals surface area contributed by atoms with Crippen LogP contribution in [-0.4, -0.2) is 27.5 Å². The average molecular weight is 272 g/mol. The number of carboxylic acids is 1. The fourth-order valence-corrected chi connectivity index (χ4v) is 2.06. The maximum atomic E-state index is 10.9. The van der Waals surface area contributed by atoms with Crippen LogP contribution in [0.3, 0.4) is 0 Å². The highest BCUT2D eigenvalue weighted by Gasteiger charge is 2.21. The van der Waals surface area contributed by atoms with Crippen LogP contribution in [0.25, 0.3) is 11.3 Å². The van der Waals surface area contributed by atoms with Crippen molar-refractivity contribution in [2.45, 2.75) is 12.8 Å². The molecule has 0 radical (unpaired) electrons. The molecule has 0 saturated heterocycles. The minimum atomic E-state index is -1.02. The van der Waals surface area contributed by atoms with Crippen molar-refractivity contribution in [2.24, 2.45) is 13.0 Å². The van der Waals surface area contributed by atoms with Crippen molar-refractivity contribution in [1.29, 1.82) is 0 Å². The van der Waals surface area contributed by atoms with E-state index in [1.54, 1.807) is 17.8 Å². The van der Waals surface area contributed by atoms with Crippen molar-refractivity contribution >= 4 is 5.97 Å². The molecule has 20 heavy (non-hydrogen) atoms. The smallest absolute Gasteiger partial charge is 0.356 e. The number of carbonyl (C=O) groups is 1. The highest BCUT2D eigenvalue weighted by Crippen LogP contribution is 2.30. The Kier molecular flexibility index (Phi) is 3.18. The molecule has 104 valence electrons. The summed E-state index contributed by atoms with van der Waals surface area (Å²) in [6.07, 6.45) is 2.54. The summed E-state index contributed by atoms with van der Waals surface area (Å²) in [5, 5.41) is 12.9. The molecule has 5 nitrogen and oxygen atoms in total. The van der Waals surface area contributed by atoms with Crippen LogP contribution < -0.4 is 4.74 Å². The highest BCUT2D eigenvalue weighted by molar-refractivity contribution is 5.87. The number of rotatable bonds is 5. The summed E-state index contributed by atoms with van der Waals surface area (Å²) in [5.41, 5.74) is 1.75. The van der Waals surface area contributed by atoms with Crippen LogP contribution in [0.15, 0.2) is 30.3 Å². The second-order valence-corrected chi connectivity index (χ2v) is 5.12. The molecule has 1 aromatic carbocycles. The molecule has 0 unspecified atom stereocenters. The number of carboxylic acid groups (broad SMARTS) is 1. The summed E-state index contributed by atoms with van der Waals surface area (Å²) >= 11 is 0. The summed E-state index contributed by atoms with van der Waals surface area (Å²) in [4.78, 5) is 10.9. The van der Waals surface area contributed by atoms with Gasteiger partial charge < -0.3 is 9.84 Å². The molecule has 0 aliphatic heterocycles. The average Bonchev–Trinajstić information content (AvgIpc) is 3.18. The van der Waals surface area contributed by atoms with E-state index in [0.29, 0.717) is 0 Å². The molecule has 1 fully saturated rings. The van der Waals surface area contributed by atoms with Gasteiger partial charge in [-0.05, 0) is 49.1 Å². The van der Waals surface area contributed by atoms with Crippen molar-refractivity contribution < 1.29 is 14.6 Å². The molecule has 1 aromatic heterocycles. The molecule has 1 N–H and O–H groups in total. The third-order valence-electron chi connectivity index (χ3n) is 3.43. The molecule has 0 bridgehead atoms. The van der Waals surface area contributed by atoms with E-state index in [0.717, 1.165) is 29.5 Å². The predicted octanol–water partition coefficient (Wildman–Crippen LogP) is 2.57. The molecular weight excluding hydrogens is 256 g/mol. The van der Waals surface area contributed by atoms with Crippen molar-refractivity contribution in [1.82, 2.24) is 9.78 Å². The summed E-state index contributed by atoms with van der Waals surface area (Å²) in [6, 6.07) is 9.23. The quantitative estimate of drug-likeness (QED) is 0.908. The molecule has 1 aliphatic carbocycles.